The Labute approximate surface area is 128 Å². The lowest BCUT2D eigenvalue weighted by Crippen LogP contribution is -2.43. The molecule has 1 fully saturated rings. The molecule has 1 rings (SSSR count). The van der Waals surface area contributed by atoms with E-state index < -0.39 is 0 Å². The van der Waals surface area contributed by atoms with Gasteiger partial charge in [-0.3, -0.25) is 4.79 Å². The third-order valence-corrected chi connectivity index (χ3v) is 4.29. The second-order valence-electron chi connectivity index (χ2n) is 6.47. The molecule has 1 amide bonds. The Hall–Kier alpha value is 0.0700. The zero-order valence-corrected chi connectivity index (χ0v) is 14.3. The van der Waals surface area contributed by atoms with Crippen LogP contribution in [0.1, 0.15) is 40.5 Å². The number of halogens is 1. The molecule has 0 aromatic heterocycles. The van der Waals surface area contributed by atoms with Gasteiger partial charge in [-0.15, -0.1) is 12.4 Å². The van der Waals surface area contributed by atoms with Gasteiger partial charge in [0.15, 0.2) is 0 Å². The molecule has 0 aromatic carbocycles. The lowest BCUT2D eigenvalue weighted by molar-refractivity contribution is -0.122. The molecule has 0 radical (unpaired) electrons. The molecule has 1 heterocycles. The summed E-state index contributed by atoms with van der Waals surface area (Å²) in [7, 11) is 0. The summed E-state index contributed by atoms with van der Waals surface area (Å²) in [5.41, 5.74) is 0.193. The molecule has 0 saturated carbocycles. The van der Waals surface area contributed by atoms with Gasteiger partial charge in [0.05, 0.1) is 0 Å². The summed E-state index contributed by atoms with van der Waals surface area (Å²) in [5.74, 6) is 3.09. The van der Waals surface area contributed by atoms with Crippen LogP contribution < -0.4 is 10.6 Å². The Kier molecular flexibility index (Phi) is 9.12. The van der Waals surface area contributed by atoms with Crippen molar-refractivity contribution in [3.63, 3.8) is 0 Å². The van der Waals surface area contributed by atoms with Gasteiger partial charge in [-0.2, -0.15) is 11.8 Å². The topological polar surface area (TPSA) is 41.1 Å². The average molecular weight is 309 g/mol. The van der Waals surface area contributed by atoms with Crippen molar-refractivity contribution in [1.29, 1.82) is 0 Å². The Morgan fingerprint density at radius 3 is 2.68 bits per heavy atom. The predicted molar refractivity (Wildman–Crippen MR) is 87.2 cm³/mol. The first kappa shape index (κ1) is 19.1. The molecule has 0 bridgehead atoms. The summed E-state index contributed by atoms with van der Waals surface area (Å²) in [4.78, 5) is 11.9. The van der Waals surface area contributed by atoms with Crippen LogP contribution in [0.2, 0.25) is 0 Å². The van der Waals surface area contributed by atoms with Gasteiger partial charge in [-0.1, -0.05) is 27.7 Å². The molecule has 0 spiro atoms. The normalized spacial score (nSPS) is 19.9. The summed E-state index contributed by atoms with van der Waals surface area (Å²) in [6, 6.07) is 0.358. The van der Waals surface area contributed by atoms with Gasteiger partial charge in [-0.05, 0) is 17.8 Å². The van der Waals surface area contributed by atoms with Crippen LogP contribution in [-0.2, 0) is 4.79 Å². The molecule has 0 aliphatic carbocycles. The molecule has 1 atom stereocenters. The minimum Gasteiger partial charge on any atom is -0.356 e. The number of amides is 1. The second-order valence-corrected chi connectivity index (χ2v) is 7.62. The number of carbonyl (C=O) groups is 1. The maximum atomic E-state index is 11.9. The Morgan fingerprint density at radius 1 is 1.47 bits per heavy atom. The van der Waals surface area contributed by atoms with Crippen LogP contribution in [0, 0.1) is 11.3 Å². The van der Waals surface area contributed by atoms with E-state index in [4.69, 9.17) is 0 Å². The minimum absolute atomic E-state index is 0. The molecular weight excluding hydrogens is 280 g/mol. The lowest BCUT2D eigenvalue weighted by Gasteiger charge is -2.28. The standard InChI is InChI=1S/C14H28N2OS.ClH/c1-11(2)8-14(3,4)10-16-13(17)7-12-9-18-6-5-15-12;/h11-12,15H,5-10H2,1-4H3,(H,16,17);1H. The molecular formula is C14H29ClN2OS. The quantitative estimate of drug-likeness (QED) is 0.792. The number of rotatable bonds is 6. The van der Waals surface area contributed by atoms with Gasteiger partial charge in [0.25, 0.3) is 0 Å². The van der Waals surface area contributed by atoms with Crippen LogP contribution in [0.25, 0.3) is 0 Å². The van der Waals surface area contributed by atoms with Gasteiger partial charge in [0.2, 0.25) is 5.91 Å². The molecule has 114 valence electrons. The number of hydrogen-bond donors (Lipinski definition) is 2. The number of thioether (sulfide) groups is 1. The van der Waals surface area contributed by atoms with Gasteiger partial charge in [0.1, 0.15) is 0 Å². The zero-order valence-electron chi connectivity index (χ0n) is 12.6. The largest absolute Gasteiger partial charge is 0.356 e. The first-order valence-corrected chi connectivity index (χ1v) is 8.12. The van der Waals surface area contributed by atoms with E-state index in [0.717, 1.165) is 25.3 Å². The van der Waals surface area contributed by atoms with Crippen molar-refractivity contribution in [2.45, 2.75) is 46.6 Å². The fourth-order valence-corrected chi connectivity index (χ4v) is 3.51. The summed E-state index contributed by atoms with van der Waals surface area (Å²) >= 11 is 1.93. The molecule has 5 heteroatoms. The van der Waals surface area contributed by atoms with Crippen molar-refractivity contribution in [3.05, 3.63) is 0 Å². The maximum Gasteiger partial charge on any atom is 0.221 e. The van der Waals surface area contributed by atoms with Crippen molar-refractivity contribution in [3.8, 4) is 0 Å². The fraction of sp³-hybridized carbons (Fsp3) is 0.929. The molecule has 3 nitrogen and oxygen atoms in total. The maximum absolute atomic E-state index is 11.9. The van der Waals surface area contributed by atoms with E-state index in [1.807, 2.05) is 11.8 Å². The molecule has 2 N–H and O–H groups in total. The Morgan fingerprint density at radius 2 is 2.16 bits per heavy atom. The highest BCUT2D eigenvalue weighted by Crippen LogP contribution is 2.24. The number of hydrogen-bond acceptors (Lipinski definition) is 3. The zero-order chi connectivity index (χ0) is 13.6. The van der Waals surface area contributed by atoms with Crippen LogP contribution in [0.4, 0.5) is 0 Å². The SMILES string of the molecule is CC(C)CC(C)(C)CNC(=O)CC1CSCCN1.Cl. The second kappa shape index (κ2) is 9.09. The Balaban J connectivity index is 0.00000324. The van der Waals surface area contributed by atoms with Gasteiger partial charge < -0.3 is 10.6 Å². The Bertz CT molecular complexity index is 266. The van der Waals surface area contributed by atoms with Crippen molar-refractivity contribution in [1.82, 2.24) is 10.6 Å². The van der Waals surface area contributed by atoms with E-state index in [1.165, 1.54) is 5.75 Å². The predicted octanol–water partition coefficient (Wildman–Crippen LogP) is 2.69. The molecule has 1 aliphatic rings. The van der Waals surface area contributed by atoms with Crippen molar-refractivity contribution in [2.24, 2.45) is 11.3 Å². The van der Waals surface area contributed by atoms with E-state index >= 15 is 0 Å². The van der Waals surface area contributed by atoms with E-state index in [-0.39, 0.29) is 23.7 Å². The summed E-state index contributed by atoms with van der Waals surface area (Å²) in [5, 5.41) is 6.49. The summed E-state index contributed by atoms with van der Waals surface area (Å²) < 4.78 is 0. The lowest BCUT2D eigenvalue weighted by atomic mass is 9.84. The fourth-order valence-electron chi connectivity index (χ4n) is 2.56. The number of nitrogens with one attached hydrogen (secondary N) is 2. The highest BCUT2D eigenvalue weighted by molar-refractivity contribution is 7.99. The molecule has 1 saturated heterocycles. The van der Waals surface area contributed by atoms with E-state index in [0.29, 0.717) is 18.4 Å². The monoisotopic (exact) mass is 308 g/mol. The summed E-state index contributed by atoms with van der Waals surface area (Å²) in [6.07, 6.45) is 1.76. The van der Waals surface area contributed by atoms with Crippen LogP contribution in [0.15, 0.2) is 0 Å². The molecule has 19 heavy (non-hydrogen) atoms. The van der Waals surface area contributed by atoms with Crippen LogP contribution in [0.3, 0.4) is 0 Å². The van der Waals surface area contributed by atoms with E-state index in [9.17, 15) is 4.79 Å². The first-order valence-electron chi connectivity index (χ1n) is 6.97. The van der Waals surface area contributed by atoms with Crippen molar-refractivity contribution >= 4 is 30.1 Å². The minimum atomic E-state index is 0. The number of carbonyl (C=O) groups excluding carboxylic acids is 1. The molecule has 1 unspecified atom stereocenters. The van der Waals surface area contributed by atoms with Gasteiger partial charge in [-0.25, -0.2) is 0 Å². The highest BCUT2D eigenvalue weighted by atomic mass is 35.5. The van der Waals surface area contributed by atoms with Crippen LogP contribution >= 0.6 is 24.2 Å². The van der Waals surface area contributed by atoms with E-state index in [1.54, 1.807) is 0 Å². The van der Waals surface area contributed by atoms with E-state index in [2.05, 4.69) is 38.3 Å². The third-order valence-electron chi connectivity index (χ3n) is 3.16. The smallest absolute Gasteiger partial charge is 0.221 e. The summed E-state index contributed by atoms with van der Waals surface area (Å²) in [6.45, 7) is 10.7. The first-order chi connectivity index (χ1) is 8.39. The van der Waals surface area contributed by atoms with Crippen LogP contribution in [-0.4, -0.2) is 36.5 Å². The molecule has 0 aromatic rings. The highest BCUT2D eigenvalue weighted by Gasteiger charge is 2.22. The van der Waals surface area contributed by atoms with Gasteiger partial charge >= 0.3 is 0 Å². The average Bonchev–Trinajstić information content (AvgIpc) is 2.26. The van der Waals surface area contributed by atoms with Crippen molar-refractivity contribution < 1.29 is 4.79 Å². The van der Waals surface area contributed by atoms with Gasteiger partial charge in [0, 0.05) is 37.1 Å². The van der Waals surface area contributed by atoms with Crippen molar-refractivity contribution in [2.75, 3.05) is 24.6 Å². The molecule has 1 aliphatic heterocycles. The van der Waals surface area contributed by atoms with Crippen LogP contribution in [0.5, 0.6) is 0 Å². The third kappa shape index (κ3) is 8.77.